The average molecular weight is 396 g/mol. The molecular formula is C19H23ClFN3O3. The summed E-state index contributed by atoms with van der Waals surface area (Å²) < 4.78 is 13.3. The molecule has 0 aromatic heterocycles. The number of halogens is 2. The molecule has 2 fully saturated rings. The van der Waals surface area contributed by atoms with Crippen LogP contribution in [0.4, 0.5) is 9.18 Å². The van der Waals surface area contributed by atoms with Crippen molar-refractivity contribution in [2.24, 2.45) is 0 Å². The quantitative estimate of drug-likeness (QED) is 0.607. The lowest BCUT2D eigenvalue weighted by Crippen LogP contribution is -2.45. The fourth-order valence-corrected chi connectivity index (χ4v) is 4.11. The van der Waals surface area contributed by atoms with E-state index in [1.165, 1.54) is 19.1 Å². The van der Waals surface area contributed by atoms with Crippen LogP contribution in [0.5, 0.6) is 0 Å². The Labute approximate surface area is 162 Å². The lowest BCUT2D eigenvalue weighted by molar-refractivity contribution is -0.135. The van der Waals surface area contributed by atoms with Crippen LogP contribution in [0.2, 0.25) is 5.02 Å². The summed E-state index contributed by atoms with van der Waals surface area (Å²) in [6.45, 7) is 1.14. The molecule has 1 aromatic rings. The zero-order valence-electron chi connectivity index (χ0n) is 15.2. The summed E-state index contributed by atoms with van der Waals surface area (Å²) in [5, 5.41) is 5.54. The van der Waals surface area contributed by atoms with Crippen LogP contribution in [0.25, 0.3) is 0 Å². The van der Waals surface area contributed by atoms with E-state index in [2.05, 4.69) is 10.6 Å². The molecule has 1 saturated heterocycles. The van der Waals surface area contributed by atoms with Crippen LogP contribution in [0.1, 0.15) is 51.0 Å². The molecule has 1 heterocycles. The van der Waals surface area contributed by atoms with Crippen molar-refractivity contribution in [3.8, 4) is 0 Å². The zero-order valence-corrected chi connectivity index (χ0v) is 15.9. The number of amides is 4. The number of carbonyl (C=O) groups is 3. The summed E-state index contributed by atoms with van der Waals surface area (Å²) >= 11 is 6.07. The average Bonchev–Trinajstić information content (AvgIpc) is 2.78. The van der Waals surface area contributed by atoms with Gasteiger partial charge >= 0.3 is 6.03 Å². The zero-order chi connectivity index (χ0) is 19.6. The summed E-state index contributed by atoms with van der Waals surface area (Å²) in [5.74, 6) is -1.49. The molecular weight excluding hydrogens is 373 g/mol. The second-order valence-electron chi connectivity index (χ2n) is 7.33. The van der Waals surface area contributed by atoms with Gasteiger partial charge in [0, 0.05) is 16.6 Å². The summed E-state index contributed by atoms with van der Waals surface area (Å²) in [6.07, 6.45) is 6.28. The molecule has 2 N–H and O–H groups in total. The highest BCUT2D eigenvalue weighted by Gasteiger charge is 2.50. The minimum atomic E-state index is -1.44. The topological polar surface area (TPSA) is 78.5 Å². The predicted molar refractivity (Wildman–Crippen MR) is 98.6 cm³/mol. The van der Waals surface area contributed by atoms with E-state index in [9.17, 15) is 18.8 Å². The van der Waals surface area contributed by atoms with Crippen molar-refractivity contribution in [2.75, 3.05) is 6.54 Å². The van der Waals surface area contributed by atoms with Crippen molar-refractivity contribution in [1.29, 1.82) is 0 Å². The molecule has 1 unspecified atom stereocenters. The van der Waals surface area contributed by atoms with Gasteiger partial charge in [-0.05, 0) is 31.9 Å². The number of hydrogen-bond donors (Lipinski definition) is 2. The summed E-state index contributed by atoms with van der Waals surface area (Å²) in [5.41, 5.74) is -1.15. The highest BCUT2D eigenvalue weighted by Crippen LogP contribution is 2.33. The molecule has 146 valence electrons. The molecule has 1 aliphatic heterocycles. The fourth-order valence-electron chi connectivity index (χ4n) is 3.76. The van der Waals surface area contributed by atoms with Gasteiger partial charge in [-0.1, -0.05) is 43.4 Å². The number of nitrogens with one attached hydrogen (secondary N) is 2. The SMILES string of the molecule is CC1(c2ccc(F)cc2Cl)NC(=O)N(CC(=O)NC2CCCCCC2)C1=O. The highest BCUT2D eigenvalue weighted by atomic mass is 35.5. The van der Waals surface area contributed by atoms with E-state index in [1.54, 1.807) is 0 Å². The molecule has 1 atom stereocenters. The van der Waals surface area contributed by atoms with Crippen molar-refractivity contribution in [2.45, 2.75) is 57.0 Å². The summed E-state index contributed by atoms with van der Waals surface area (Å²) in [4.78, 5) is 38.4. The minimum absolute atomic E-state index is 0.0379. The Morgan fingerprint density at radius 2 is 1.96 bits per heavy atom. The molecule has 1 saturated carbocycles. The molecule has 1 aromatic carbocycles. The van der Waals surface area contributed by atoms with Crippen LogP contribution in [-0.4, -0.2) is 35.3 Å². The van der Waals surface area contributed by atoms with Crippen LogP contribution < -0.4 is 10.6 Å². The molecule has 0 bridgehead atoms. The molecule has 1 aliphatic carbocycles. The number of nitrogens with zero attached hydrogens (tertiary/aromatic N) is 1. The van der Waals surface area contributed by atoms with Gasteiger partial charge in [-0.15, -0.1) is 0 Å². The van der Waals surface area contributed by atoms with Crippen molar-refractivity contribution < 1.29 is 18.8 Å². The number of hydrogen-bond acceptors (Lipinski definition) is 3. The van der Waals surface area contributed by atoms with Gasteiger partial charge in [0.15, 0.2) is 0 Å². The molecule has 8 heteroatoms. The van der Waals surface area contributed by atoms with Crippen LogP contribution in [-0.2, 0) is 15.1 Å². The Morgan fingerprint density at radius 3 is 2.59 bits per heavy atom. The first-order valence-electron chi connectivity index (χ1n) is 9.20. The lowest BCUT2D eigenvalue weighted by Gasteiger charge is -2.23. The normalized spacial score (nSPS) is 23.9. The maximum absolute atomic E-state index is 13.3. The van der Waals surface area contributed by atoms with Gasteiger partial charge in [0.05, 0.1) is 0 Å². The van der Waals surface area contributed by atoms with E-state index in [0.717, 1.165) is 49.5 Å². The Hall–Kier alpha value is -2.15. The predicted octanol–water partition coefficient (Wildman–Crippen LogP) is 3.09. The van der Waals surface area contributed by atoms with Gasteiger partial charge in [0.25, 0.3) is 5.91 Å². The highest BCUT2D eigenvalue weighted by molar-refractivity contribution is 6.32. The number of urea groups is 1. The van der Waals surface area contributed by atoms with Crippen molar-refractivity contribution >= 4 is 29.4 Å². The Morgan fingerprint density at radius 1 is 1.30 bits per heavy atom. The maximum atomic E-state index is 13.3. The number of carbonyl (C=O) groups excluding carboxylic acids is 3. The Balaban J connectivity index is 1.71. The smallest absolute Gasteiger partial charge is 0.325 e. The molecule has 0 radical (unpaired) electrons. The standard InChI is InChI=1S/C19H23ClFN3O3/c1-19(14-9-8-12(21)10-15(14)20)17(26)24(18(27)23-19)11-16(25)22-13-6-4-2-3-5-7-13/h8-10,13H,2-7,11H2,1H3,(H,22,25)(H,23,27). The van der Waals surface area contributed by atoms with Gasteiger partial charge in [0.2, 0.25) is 5.91 Å². The Bertz CT molecular complexity index is 765. The van der Waals surface area contributed by atoms with E-state index < -0.39 is 23.3 Å². The minimum Gasteiger partial charge on any atom is -0.352 e. The molecule has 27 heavy (non-hydrogen) atoms. The largest absolute Gasteiger partial charge is 0.352 e. The maximum Gasteiger partial charge on any atom is 0.325 e. The van der Waals surface area contributed by atoms with E-state index in [-0.39, 0.29) is 29.1 Å². The second kappa shape index (κ2) is 7.84. The lowest BCUT2D eigenvalue weighted by atomic mass is 9.92. The van der Waals surface area contributed by atoms with Gasteiger partial charge in [0.1, 0.15) is 17.9 Å². The molecule has 0 spiro atoms. The van der Waals surface area contributed by atoms with Crippen LogP contribution in [0.15, 0.2) is 18.2 Å². The van der Waals surface area contributed by atoms with Gasteiger partial charge in [-0.25, -0.2) is 9.18 Å². The molecule has 3 rings (SSSR count). The van der Waals surface area contributed by atoms with E-state index in [0.29, 0.717) is 0 Å². The van der Waals surface area contributed by atoms with Crippen LogP contribution in [0.3, 0.4) is 0 Å². The second-order valence-corrected chi connectivity index (χ2v) is 7.73. The first-order chi connectivity index (χ1) is 12.8. The molecule has 6 nitrogen and oxygen atoms in total. The monoisotopic (exact) mass is 395 g/mol. The molecule has 2 aliphatic rings. The van der Waals surface area contributed by atoms with Crippen LogP contribution >= 0.6 is 11.6 Å². The Kier molecular flexibility index (Phi) is 5.69. The third-order valence-corrected chi connectivity index (χ3v) is 5.58. The van der Waals surface area contributed by atoms with E-state index >= 15 is 0 Å². The number of imide groups is 1. The van der Waals surface area contributed by atoms with Crippen molar-refractivity contribution in [3.63, 3.8) is 0 Å². The van der Waals surface area contributed by atoms with Gasteiger partial charge < -0.3 is 10.6 Å². The van der Waals surface area contributed by atoms with E-state index in [1.807, 2.05) is 0 Å². The third-order valence-electron chi connectivity index (χ3n) is 5.27. The summed E-state index contributed by atoms with van der Waals surface area (Å²) in [6, 6.07) is 3.04. The van der Waals surface area contributed by atoms with E-state index in [4.69, 9.17) is 11.6 Å². The number of rotatable bonds is 4. The first kappa shape index (κ1) is 19.6. The van der Waals surface area contributed by atoms with Crippen LogP contribution in [0, 0.1) is 5.82 Å². The third kappa shape index (κ3) is 4.08. The van der Waals surface area contributed by atoms with Gasteiger partial charge in [-0.3, -0.25) is 14.5 Å². The summed E-state index contributed by atoms with van der Waals surface area (Å²) in [7, 11) is 0. The first-order valence-corrected chi connectivity index (χ1v) is 9.58. The van der Waals surface area contributed by atoms with Crippen molar-refractivity contribution in [3.05, 3.63) is 34.6 Å². The molecule has 4 amide bonds. The number of benzene rings is 1. The van der Waals surface area contributed by atoms with Crippen molar-refractivity contribution in [1.82, 2.24) is 15.5 Å². The fraction of sp³-hybridized carbons (Fsp3) is 0.526. The van der Waals surface area contributed by atoms with Gasteiger partial charge in [-0.2, -0.15) is 0 Å².